The van der Waals surface area contributed by atoms with Gasteiger partial charge in [-0.3, -0.25) is 0 Å². The van der Waals surface area contributed by atoms with E-state index in [1.165, 1.54) is 18.9 Å². The fourth-order valence-corrected chi connectivity index (χ4v) is 2.94. The number of thiocarbonyl (C=S) groups is 1. The van der Waals surface area contributed by atoms with Gasteiger partial charge in [-0.2, -0.15) is 0 Å². The molecule has 0 bridgehead atoms. The minimum absolute atomic E-state index is 0.281. The molecule has 1 saturated carbocycles. The summed E-state index contributed by atoms with van der Waals surface area (Å²) in [7, 11) is 0. The van der Waals surface area contributed by atoms with Gasteiger partial charge in [0.25, 0.3) is 0 Å². The Bertz CT molecular complexity index is 450. The number of hydrogen-bond acceptors (Lipinski definition) is 1. The van der Waals surface area contributed by atoms with Crippen molar-refractivity contribution in [2.45, 2.75) is 39.2 Å². The van der Waals surface area contributed by atoms with Crippen molar-refractivity contribution in [3.05, 3.63) is 30.1 Å². The average molecular weight is 280 g/mol. The summed E-state index contributed by atoms with van der Waals surface area (Å²) in [4.78, 5) is 0. The van der Waals surface area contributed by atoms with E-state index in [0.717, 1.165) is 6.42 Å². The highest BCUT2D eigenvalue weighted by molar-refractivity contribution is 7.80. The van der Waals surface area contributed by atoms with Crippen LogP contribution in [-0.4, -0.2) is 11.2 Å². The predicted molar refractivity (Wildman–Crippen MR) is 81.7 cm³/mol. The Labute approximate surface area is 119 Å². The summed E-state index contributed by atoms with van der Waals surface area (Å²) < 4.78 is 13.5. The summed E-state index contributed by atoms with van der Waals surface area (Å²) in [6.07, 6.45) is 3.64. The second-order valence-corrected chi connectivity index (χ2v) is 5.86. The molecule has 104 valence electrons. The van der Waals surface area contributed by atoms with E-state index in [9.17, 15) is 4.39 Å². The van der Waals surface area contributed by atoms with Gasteiger partial charge in [-0.1, -0.05) is 38.8 Å². The van der Waals surface area contributed by atoms with Crippen LogP contribution in [-0.2, 0) is 0 Å². The van der Waals surface area contributed by atoms with E-state index in [0.29, 0.717) is 28.7 Å². The van der Waals surface area contributed by atoms with Crippen LogP contribution in [0.4, 0.5) is 10.1 Å². The van der Waals surface area contributed by atoms with Crippen LogP contribution in [0.2, 0.25) is 0 Å². The number of para-hydroxylation sites is 1. The molecule has 19 heavy (non-hydrogen) atoms. The summed E-state index contributed by atoms with van der Waals surface area (Å²) in [6.45, 7) is 4.54. The molecule has 0 radical (unpaired) electrons. The van der Waals surface area contributed by atoms with Crippen LogP contribution in [0.5, 0.6) is 0 Å². The first-order valence-electron chi connectivity index (χ1n) is 6.90. The predicted octanol–water partition coefficient (Wildman–Crippen LogP) is 3.94. The first-order valence-corrected chi connectivity index (χ1v) is 7.31. The van der Waals surface area contributed by atoms with Crippen LogP contribution in [0, 0.1) is 17.7 Å². The van der Waals surface area contributed by atoms with Crippen molar-refractivity contribution in [3.63, 3.8) is 0 Å². The standard InChI is InChI=1S/C15H21FN2S/c1-10-6-5-9-13(11(10)2)17-15(19)18-14-8-4-3-7-12(14)16/h3-4,7-8,10-11,13H,5-6,9H2,1-2H3,(H2,17,18,19). The van der Waals surface area contributed by atoms with Crippen molar-refractivity contribution in [1.29, 1.82) is 0 Å². The lowest BCUT2D eigenvalue weighted by atomic mass is 9.78. The fraction of sp³-hybridized carbons (Fsp3) is 0.533. The second kappa shape index (κ2) is 6.33. The number of benzene rings is 1. The summed E-state index contributed by atoms with van der Waals surface area (Å²) in [5.41, 5.74) is 0.427. The van der Waals surface area contributed by atoms with Crippen LogP contribution < -0.4 is 10.6 Å². The van der Waals surface area contributed by atoms with Crippen LogP contribution >= 0.6 is 12.2 Å². The first-order chi connectivity index (χ1) is 9.08. The normalized spacial score (nSPS) is 26.8. The van der Waals surface area contributed by atoms with E-state index < -0.39 is 0 Å². The number of anilines is 1. The molecule has 0 saturated heterocycles. The number of halogens is 1. The number of nitrogens with one attached hydrogen (secondary N) is 2. The Morgan fingerprint density at radius 3 is 2.74 bits per heavy atom. The number of hydrogen-bond donors (Lipinski definition) is 2. The zero-order valence-corrected chi connectivity index (χ0v) is 12.3. The Morgan fingerprint density at radius 1 is 1.26 bits per heavy atom. The van der Waals surface area contributed by atoms with Crippen molar-refractivity contribution in [3.8, 4) is 0 Å². The molecule has 1 fully saturated rings. The lowest BCUT2D eigenvalue weighted by molar-refractivity contribution is 0.225. The Kier molecular flexibility index (Phi) is 4.75. The van der Waals surface area contributed by atoms with Crippen molar-refractivity contribution < 1.29 is 4.39 Å². The van der Waals surface area contributed by atoms with Gasteiger partial charge in [-0.25, -0.2) is 4.39 Å². The SMILES string of the molecule is CC1CCCC(NC(=S)Nc2ccccc2F)C1C. The molecule has 2 rings (SSSR count). The van der Waals surface area contributed by atoms with E-state index in [-0.39, 0.29) is 5.82 Å². The molecule has 1 aliphatic carbocycles. The summed E-state index contributed by atoms with van der Waals surface area (Å²) in [5, 5.41) is 6.78. The summed E-state index contributed by atoms with van der Waals surface area (Å²) in [5.74, 6) is 1.02. The largest absolute Gasteiger partial charge is 0.359 e. The maximum absolute atomic E-state index is 13.5. The number of rotatable bonds is 2. The van der Waals surface area contributed by atoms with Gasteiger partial charge in [0.15, 0.2) is 5.11 Å². The Balaban J connectivity index is 1.93. The molecule has 0 aromatic heterocycles. The third kappa shape index (κ3) is 3.66. The smallest absolute Gasteiger partial charge is 0.171 e. The van der Waals surface area contributed by atoms with Gasteiger partial charge >= 0.3 is 0 Å². The van der Waals surface area contributed by atoms with Crippen molar-refractivity contribution >= 4 is 23.0 Å². The Hall–Kier alpha value is -1.16. The third-order valence-corrected chi connectivity index (χ3v) is 4.37. The lowest BCUT2D eigenvalue weighted by Crippen LogP contribution is -2.45. The molecule has 3 unspecified atom stereocenters. The molecule has 1 aliphatic rings. The van der Waals surface area contributed by atoms with E-state index in [4.69, 9.17) is 12.2 Å². The second-order valence-electron chi connectivity index (χ2n) is 5.45. The highest BCUT2D eigenvalue weighted by atomic mass is 32.1. The monoisotopic (exact) mass is 280 g/mol. The van der Waals surface area contributed by atoms with Crippen molar-refractivity contribution in [1.82, 2.24) is 5.32 Å². The van der Waals surface area contributed by atoms with Gasteiger partial charge in [0.2, 0.25) is 0 Å². The molecule has 3 atom stereocenters. The van der Waals surface area contributed by atoms with Crippen LogP contribution in [0.1, 0.15) is 33.1 Å². The van der Waals surface area contributed by atoms with Gasteiger partial charge < -0.3 is 10.6 Å². The van der Waals surface area contributed by atoms with Gasteiger partial charge in [-0.15, -0.1) is 0 Å². The van der Waals surface area contributed by atoms with Crippen LogP contribution in [0.25, 0.3) is 0 Å². The van der Waals surface area contributed by atoms with Crippen molar-refractivity contribution in [2.75, 3.05) is 5.32 Å². The van der Waals surface area contributed by atoms with Crippen molar-refractivity contribution in [2.24, 2.45) is 11.8 Å². The molecule has 4 heteroatoms. The minimum atomic E-state index is -0.281. The molecule has 0 heterocycles. The highest BCUT2D eigenvalue weighted by Crippen LogP contribution is 2.29. The molecular weight excluding hydrogens is 259 g/mol. The molecule has 1 aromatic rings. The molecule has 0 aliphatic heterocycles. The zero-order valence-electron chi connectivity index (χ0n) is 11.4. The summed E-state index contributed by atoms with van der Waals surface area (Å²) in [6, 6.07) is 6.96. The molecular formula is C15H21FN2S. The highest BCUT2D eigenvalue weighted by Gasteiger charge is 2.27. The fourth-order valence-electron chi connectivity index (χ4n) is 2.68. The topological polar surface area (TPSA) is 24.1 Å². The van der Waals surface area contributed by atoms with E-state index >= 15 is 0 Å². The van der Waals surface area contributed by atoms with Gasteiger partial charge in [0.1, 0.15) is 5.82 Å². The average Bonchev–Trinajstić information content (AvgIpc) is 2.38. The molecule has 0 spiro atoms. The summed E-state index contributed by atoms with van der Waals surface area (Å²) >= 11 is 5.28. The van der Waals surface area contributed by atoms with Gasteiger partial charge in [-0.05, 0) is 42.6 Å². The first kappa shape index (κ1) is 14.3. The molecule has 0 amide bonds. The minimum Gasteiger partial charge on any atom is -0.359 e. The molecule has 2 nitrogen and oxygen atoms in total. The van der Waals surface area contributed by atoms with Crippen LogP contribution in [0.15, 0.2) is 24.3 Å². The van der Waals surface area contributed by atoms with Gasteiger partial charge in [0.05, 0.1) is 5.69 Å². The van der Waals surface area contributed by atoms with E-state index in [1.807, 2.05) is 0 Å². The maximum Gasteiger partial charge on any atom is 0.171 e. The third-order valence-electron chi connectivity index (χ3n) is 4.15. The van der Waals surface area contributed by atoms with E-state index in [2.05, 4.69) is 24.5 Å². The van der Waals surface area contributed by atoms with E-state index in [1.54, 1.807) is 18.2 Å². The Morgan fingerprint density at radius 2 is 2.00 bits per heavy atom. The lowest BCUT2D eigenvalue weighted by Gasteiger charge is -2.35. The van der Waals surface area contributed by atoms with Gasteiger partial charge in [0, 0.05) is 6.04 Å². The molecule has 2 N–H and O–H groups in total. The maximum atomic E-state index is 13.5. The quantitative estimate of drug-likeness (QED) is 0.803. The van der Waals surface area contributed by atoms with Crippen LogP contribution in [0.3, 0.4) is 0 Å². The zero-order chi connectivity index (χ0) is 13.8. The molecule has 1 aromatic carbocycles.